The second kappa shape index (κ2) is 11.5. The molecule has 0 aliphatic carbocycles. The molecule has 4 rings (SSSR count). The van der Waals surface area contributed by atoms with Crippen LogP contribution < -0.4 is 44.1 Å². The molecule has 0 amide bonds. The second-order valence-electron chi connectivity index (χ2n) is 8.17. The molecule has 0 bridgehead atoms. The van der Waals surface area contributed by atoms with Crippen molar-refractivity contribution in [2.75, 3.05) is 20.6 Å². The fraction of sp³-hybridized carbons (Fsp3) is 0.261. The Morgan fingerprint density at radius 2 is 1.97 bits per heavy atom. The molecular weight excluding hydrogens is 501 g/mol. The number of benzene rings is 2. The summed E-state index contributed by atoms with van der Waals surface area (Å²) in [5, 5.41) is 21.8. The number of fused-ring (bicyclic) bond motifs is 1. The third-order valence-corrected chi connectivity index (χ3v) is 5.62. The zero-order valence-corrected chi connectivity index (χ0v) is 22.8. The van der Waals surface area contributed by atoms with Crippen molar-refractivity contribution in [3.63, 3.8) is 0 Å². The van der Waals surface area contributed by atoms with Crippen molar-refractivity contribution in [3.8, 4) is 23.0 Å². The van der Waals surface area contributed by atoms with Gasteiger partial charge in [-0.3, -0.25) is 4.55 Å². The Hall–Kier alpha value is -2.74. The van der Waals surface area contributed by atoms with E-state index >= 15 is 0 Å². The number of hydrogen-bond acceptors (Lipinski definition) is 9. The molecule has 1 aliphatic heterocycles. The van der Waals surface area contributed by atoms with Crippen LogP contribution in [0.15, 0.2) is 55.2 Å². The quantitative estimate of drug-likeness (QED) is 0.202. The molecular formula is C23H24N3NaO8S. The van der Waals surface area contributed by atoms with Crippen molar-refractivity contribution >= 4 is 16.5 Å². The smallest absolute Gasteiger partial charge is 0.870 e. The first-order valence-corrected chi connectivity index (χ1v) is 11.9. The summed E-state index contributed by atoms with van der Waals surface area (Å²) in [7, 11) is -0.648. The van der Waals surface area contributed by atoms with Crippen LogP contribution in [0.3, 0.4) is 0 Å². The molecule has 0 saturated carbocycles. The van der Waals surface area contributed by atoms with E-state index in [0.29, 0.717) is 22.6 Å². The fourth-order valence-electron chi connectivity index (χ4n) is 3.58. The Bertz CT molecular complexity index is 1340. The zero-order chi connectivity index (χ0) is 25.2. The second-order valence-corrected chi connectivity index (χ2v) is 9.22. The molecule has 2 aromatic carbocycles. The van der Waals surface area contributed by atoms with E-state index in [0.717, 1.165) is 24.9 Å². The number of phenolic OH excluding ortho intramolecular Hbond substituents is 1. The molecule has 0 saturated heterocycles. The summed E-state index contributed by atoms with van der Waals surface area (Å²) in [6.07, 6.45) is 5.56. The van der Waals surface area contributed by atoms with Gasteiger partial charge in [-0.25, -0.2) is 4.98 Å². The maximum Gasteiger partial charge on any atom is 1.00 e. The molecule has 13 heteroatoms. The number of hydrogen-bond donors (Lipinski definition) is 2. The van der Waals surface area contributed by atoms with Crippen molar-refractivity contribution in [2.45, 2.75) is 18.8 Å². The standard InChI is InChI=1S/C23H25N3O8S.Na/c1-25(2)9-7-17-13-26(14-24-17)22(16-4-5-18(27)19(28)12-16)23-33-20-6-3-15(11-21(20)34-23)8-10-32-35(29,30)31;/h3-6,8,10-14,22-23,27-28H,7,9H2,1-2H3,(H,29,30,31);/q;+1/p-1/b10-8+;. The summed E-state index contributed by atoms with van der Waals surface area (Å²) in [6, 6.07) is 8.58. The SMILES string of the molecule is CN(C)CCc1cn(C(c2ccc([O-])c(O)c2)C2Oc3ccc(/C=C/OS(=O)(=O)O)cc3O2)cn1.[Na+]. The van der Waals surface area contributed by atoms with Crippen molar-refractivity contribution in [1.82, 2.24) is 14.5 Å². The predicted molar refractivity (Wildman–Crippen MR) is 123 cm³/mol. The summed E-state index contributed by atoms with van der Waals surface area (Å²) >= 11 is 0. The van der Waals surface area contributed by atoms with E-state index in [2.05, 4.69) is 9.17 Å². The molecule has 2 unspecified atom stereocenters. The average Bonchev–Trinajstić information content (AvgIpc) is 3.41. The van der Waals surface area contributed by atoms with Gasteiger partial charge in [0, 0.05) is 19.2 Å². The number of imidazole rings is 1. The van der Waals surface area contributed by atoms with Gasteiger partial charge < -0.3 is 33.3 Å². The zero-order valence-electron chi connectivity index (χ0n) is 19.9. The monoisotopic (exact) mass is 525 g/mol. The van der Waals surface area contributed by atoms with Gasteiger partial charge in [0.05, 0.1) is 12.0 Å². The van der Waals surface area contributed by atoms with E-state index < -0.39 is 28.5 Å². The molecule has 1 aliphatic rings. The molecule has 36 heavy (non-hydrogen) atoms. The van der Waals surface area contributed by atoms with E-state index in [9.17, 15) is 18.6 Å². The summed E-state index contributed by atoms with van der Waals surface area (Å²) in [5.41, 5.74) is 1.98. The van der Waals surface area contributed by atoms with Crippen LogP contribution in [0.1, 0.15) is 22.9 Å². The molecule has 2 N–H and O–H groups in total. The van der Waals surface area contributed by atoms with E-state index in [1.165, 1.54) is 18.2 Å². The Balaban J connectivity index is 0.00000361. The van der Waals surface area contributed by atoms with Crippen LogP contribution in [0.25, 0.3) is 6.08 Å². The first-order valence-electron chi connectivity index (χ1n) is 10.6. The van der Waals surface area contributed by atoms with Crippen LogP contribution in [0, 0.1) is 0 Å². The number of likely N-dealkylation sites (N-methyl/N-ethyl adjacent to an activating group) is 1. The van der Waals surface area contributed by atoms with E-state index in [-0.39, 0.29) is 35.3 Å². The predicted octanol–water partition coefficient (Wildman–Crippen LogP) is -1.05. The van der Waals surface area contributed by atoms with Gasteiger partial charge in [-0.2, -0.15) is 8.42 Å². The van der Waals surface area contributed by atoms with Gasteiger partial charge in [0.1, 0.15) is 18.1 Å². The number of rotatable bonds is 9. The Morgan fingerprint density at radius 3 is 2.67 bits per heavy atom. The molecule has 0 fully saturated rings. The van der Waals surface area contributed by atoms with Crippen LogP contribution >= 0.6 is 0 Å². The van der Waals surface area contributed by atoms with Gasteiger partial charge >= 0.3 is 40.0 Å². The number of ether oxygens (including phenoxy) is 2. The number of aromatic hydroxyl groups is 1. The summed E-state index contributed by atoms with van der Waals surface area (Å²) in [4.78, 5) is 6.52. The van der Waals surface area contributed by atoms with Gasteiger partial charge in [0.25, 0.3) is 6.29 Å². The minimum Gasteiger partial charge on any atom is -0.870 e. The van der Waals surface area contributed by atoms with Crippen molar-refractivity contribution in [3.05, 3.63) is 72.0 Å². The van der Waals surface area contributed by atoms with Crippen LogP contribution in [0.4, 0.5) is 0 Å². The summed E-state index contributed by atoms with van der Waals surface area (Å²) < 4.78 is 48.2. The van der Waals surface area contributed by atoms with Crippen LogP contribution in [0.5, 0.6) is 23.0 Å². The first-order chi connectivity index (χ1) is 16.6. The maximum absolute atomic E-state index is 11.8. The molecule has 1 aromatic heterocycles. The van der Waals surface area contributed by atoms with E-state index in [4.69, 9.17) is 14.0 Å². The molecule has 11 nitrogen and oxygen atoms in total. The van der Waals surface area contributed by atoms with E-state index in [1.807, 2.05) is 29.8 Å². The molecule has 186 valence electrons. The minimum absolute atomic E-state index is 0. The van der Waals surface area contributed by atoms with Gasteiger partial charge in [-0.1, -0.05) is 23.9 Å². The van der Waals surface area contributed by atoms with E-state index in [1.54, 1.807) is 30.6 Å². The summed E-state index contributed by atoms with van der Waals surface area (Å²) in [6.45, 7) is 0.812. The molecule has 0 spiro atoms. The van der Waals surface area contributed by atoms with Gasteiger partial charge in [0.2, 0.25) is 0 Å². The van der Waals surface area contributed by atoms with Crippen LogP contribution in [-0.4, -0.2) is 59.5 Å². The first kappa shape index (κ1) is 27.8. The fourth-order valence-corrected chi connectivity index (χ4v) is 3.78. The van der Waals surface area contributed by atoms with Crippen molar-refractivity contribution in [2.24, 2.45) is 0 Å². The normalized spacial score (nSPS) is 15.7. The minimum atomic E-state index is -4.60. The van der Waals surface area contributed by atoms with Gasteiger partial charge in [0.15, 0.2) is 11.5 Å². The number of nitrogens with zero attached hydrogens (tertiary/aromatic N) is 3. The Labute approximate surface area is 230 Å². The Morgan fingerprint density at radius 1 is 1.22 bits per heavy atom. The van der Waals surface area contributed by atoms with Gasteiger partial charge in [-0.05, 0) is 49.5 Å². The maximum atomic E-state index is 11.8. The van der Waals surface area contributed by atoms with Crippen LogP contribution in [-0.2, 0) is 21.0 Å². The molecule has 0 radical (unpaired) electrons. The molecule has 2 atom stereocenters. The molecule has 2 heterocycles. The van der Waals surface area contributed by atoms with Crippen molar-refractivity contribution < 1.29 is 66.4 Å². The molecule has 3 aromatic rings. The summed E-state index contributed by atoms with van der Waals surface area (Å²) in [5.74, 6) is -0.0378. The largest absolute Gasteiger partial charge is 1.00 e. The van der Waals surface area contributed by atoms with Crippen LogP contribution in [0.2, 0.25) is 0 Å². The van der Waals surface area contributed by atoms with Crippen molar-refractivity contribution in [1.29, 1.82) is 0 Å². The topological polar surface area (TPSA) is 146 Å². The average molecular weight is 526 g/mol. The Kier molecular flexibility index (Phi) is 8.93. The third-order valence-electron chi connectivity index (χ3n) is 5.27. The third kappa shape index (κ3) is 6.93. The number of phenols is 1. The van der Waals surface area contributed by atoms with Gasteiger partial charge in [-0.15, -0.1) is 0 Å². The number of aromatic nitrogens is 2.